The Balaban J connectivity index is 1.94. The normalized spacial score (nSPS) is 10.4. The van der Waals surface area contributed by atoms with Gasteiger partial charge in [-0.2, -0.15) is 5.10 Å². The first-order valence-corrected chi connectivity index (χ1v) is 8.43. The molecule has 0 aliphatic carbocycles. The Labute approximate surface area is 159 Å². The lowest BCUT2D eigenvalue weighted by molar-refractivity contribution is -0.117. The molecule has 7 nitrogen and oxygen atoms in total. The molecule has 3 aromatic rings. The lowest BCUT2D eigenvalue weighted by Crippen LogP contribution is -2.32. The predicted octanol–water partition coefficient (Wildman–Crippen LogP) is 2.65. The van der Waals surface area contributed by atoms with Gasteiger partial charge in [-0.1, -0.05) is 42.5 Å². The van der Waals surface area contributed by atoms with Crippen LogP contribution in [0.15, 0.2) is 65.5 Å². The summed E-state index contributed by atoms with van der Waals surface area (Å²) in [4.78, 5) is 36.3. The monoisotopic (exact) mass is 380 g/mol. The van der Waals surface area contributed by atoms with Gasteiger partial charge in [0.2, 0.25) is 11.8 Å². The van der Waals surface area contributed by atoms with Gasteiger partial charge in [-0.3, -0.25) is 14.4 Å². The summed E-state index contributed by atoms with van der Waals surface area (Å²) in [6.45, 7) is 0.831. The Kier molecular flexibility index (Phi) is 5.59. The molecular formula is C20H17FN4O3. The molecule has 2 aromatic carbocycles. The van der Waals surface area contributed by atoms with Crippen LogP contribution in [0.5, 0.6) is 0 Å². The van der Waals surface area contributed by atoms with Gasteiger partial charge in [0.25, 0.3) is 5.56 Å². The van der Waals surface area contributed by atoms with Crippen molar-refractivity contribution in [1.29, 1.82) is 0 Å². The van der Waals surface area contributed by atoms with E-state index in [1.807, 2.05) is 6.07 Å². The molecule has 0 atom stereocenters. The highest BCUT2D eigenvalue weighted by atomic mass is 19.1. The topological polar surface area (TPSA) is 93.1 Å². The maximum atomic E-state index is 13.7. The minimum Gasteiger partial charge on any atom is -0.322 e. The molecule has 0 saturated carbocycles. The smallest absolute Gasteiger partial charge is 0.291 e. The molecule has 1 heterocycles. The lowest BCUT2D eigenvalue weighted by atomic mass is 10.1. The van der Waals surface area contributed by atoms with E-state index >= 15 is 0 Å². The number of anilines is 2. The standard InChI is InChI=1S/C20H17FN4O3/c1-13(26)22-18-11-17(14-7-3-2-4-8-14)24-25(20(18)28)12-19(27)23-16-10-6-5-9-15(16)21/h2-11H,12H2,1H3,(H,22,26)(H,23,27). The highest BCUT2D eigenvalue weighted by Crippen LogP contribution is 2.18. The molecule has 0 fully saturated rings. The molecule has 0 aliphatic heterocycles. The van der Waals surface area contributed by atoms with Crippen molar-refractivity contribution in [3.8, 4) is 11.3 Å². The Morgan fingerprint density at radius 3 is 2.36 bits per heavy atom. The van der Waals surface area contributed by atoms with Gasteiger partial charge in [-0.05, 0) is 18.2 Å². The summed E-state index contributed by atoms with van der Waals surface area (Å²) in [5.74, 6) is -1.64. The van der Waals surface area contributed by atoms with E-state index < -0.39 is 29.7 Å². The second kappa shape index (κ2) is 8.26. The van der Waals surface area contributed by atoms with Crippen LogP contribution in [-0.4, -0.2) is 21.6 Å². The van der Waals surface area contributed by atoms with Crippen LogP contribution in [0, 0.1) is 5.82 Å². The fourth-order valence-corrected chi connectivity index (χ4v) is 2.57. The van der Waals surface area contributed by atoms with Gasteiger partial charge in [-0.25, -0.2) is 9.07 Å². The first kappa shape index (κ1) is 19.0. The van der Waals surface area contributed by atoms with Gasteiger partial charge in [0.05, 0.1) is 11.4 Å². The lowest BCUT2D eigenvalue weighted by Gasteiger charge is -2.11. The van der Waals surface area contributed by atoms with Gasteiger partial charge in [-0.15, -0.1) is 0 Å². The third-order valence-corrected chi connectivity index (χ3v) is 3.80. The molecule has 0 spiro atoms. The maximum absolute atomic E-state index is 13.7. The number of aromatic nitrogens is 2. The van der Waals surface area contributed by atoms with E-state index in [0.29, 0.717) is 11.3 Å². The van der Waals surface area contributed by atoms with Crippen molar-refractivity contribution in [2.24, 2.45) is 0 Å². The predicted molar refractivity (Wildman–Crippen MR) is 103 cm³/mol. The molecule has 3 rings (SSSR count). The molecule has 1 aromatic heterocycles. The first-order valence-electron chi connectivity index (χ1n) is 8.43. The SMILES string of the molecule is CC(=O)Nc1cc(-c2ccccc2)nn(CC(=O)Nc2ccccc2F)c1=O. The van der Waals surface area contributed by atoms with Crippen molar-refractivity contribution < 1.29 is 14.0 Å². The van der Waals surface area contributed by atoms with Crippen LogP contribution < -0.4 is 16.2 Å². The largest absolute Gasteiger partial charge is 0.322 e. The minimum absolute atomic E-state index is 0.0000414. The van der Waals surface area contributed by atoms with E-state index in [0.717, 1.165) is 4.68 Å². The van der Waals surface area contributed by atoms with Crippen molar-refractivity contribution in [2.75, 3.05) is 10.6 Å². The van der Waals surface area contributed by atoms with Crippen molar-refractivity contribution in [1.82, 2.24) is 9.78 Å². The van der Waals surface area contributed by atoms with E-state index in [9.17, 15) is 18.8 Å². The van der Waals surface area contributed by atoms with Crippen molar-refractivity contribution in [3.63, 3.8) is 0 Å². The molecule has 142 valence electrons. The van der Waals surface area contributed by atoms with E-state index in [4.69, 9.17) is 0 Å². The van der Waals surface area contributed by atoms with Crippen LogP contribution in [0.2, 0.25) is 0 Å². The van der Waals surface area contributed by atoms with Gasteiger partial charge in [0.15, 0.2) is 0 Å². The van der Waals surface area contributed by atoms with Gasteiger partial charge >= 0.3 is 0 Å². The third-order valence-electron chi connectivity index (χ3n) is 3.80. The van der Waals surface area contributed by atoms with Crippen molar-refractivity contribution in [3.05, 3.63) is 76.8 Å². The number of carbonyl (C=O) groups is 2. The fourth-order valence-electron chi connectivity index (χ4n) is 2.57. The summed E-state index contributed by atoms with van der Waals surface area (Å²) in [6.07, 6.45) is 0. The van der Waals surface area contributed by atoms with Gasteiger partial charge < -0.3 is 10.6 Å². The third kappa shape index (κ3) is 4.47. The molecule has 0 unspecified atom stereocenters. The number of para-hydroxylation sites is 1. The number of rotatable bonds is 5. The summed E-state index contributed by atoms with van der Waals surface area (Å²) in [5.41, 5.74) is 0.473. The Morgan fingerprint density at radius 2 is 1.68 bits per heavy atom. The highest BCUT2D eigenvalue weighted by molar-refractivity contribution is 5.91. The van der Waals surface area contributed by atoms with Crippen LogP contribution in [0.4, 0.5) is 15.8 Å². The number of halogens is 1. The van der Waals surface area contributed by atoms with Crippen molar-refractivity contribution >= 4 is 23.2 Å². The number of carbonyl (C=O) groups excluding carboxylic acids is 2. The van der Waals surface area contributed by atoms with E-state index in [2.05, 4.69) is 15.7 Å². The zero-order chi connectivity index (χ0) is 20.1. The molecule has 0 saturated heterocycles. The summed E-state index contributed by atoms with van der Waals surface area (Å²) in [6, 6.07) is 16.2. The Bertz CT molecular complexity index is 1080. The zero-order valence-corrected chi connectivity index (χ0v) is 15.0. The summed E-state index contributed by atoms with van der Waals surface area (Å²) in [5, 5.41) is 9.07. The van der Waals surface area contributed by atoms with E-state index in [1.165, 1.54) is 31.2 Å². The second-order valence-corrected chi connectivity index (χ2v) is 5.98. The number of hydrogen-bond acceptors (Lipinski definition) is 4. The molecular weight excluding hydrogens is 363 g/mol. The Morgan fingerprint density at radius 1 is 1.00 bits per heavy atom. The number of benzene rings is 2. The molecule has 0 radical (unpaired) electrons. The highest BCUT2D eigenvalue weighted by Gasteiger charge is 2.14. The van der Waals surface area contributed by atoms with E-state index in [1.54, 1.807) is 30.3 Å². The Hall–Kier alpha value is -3.81. The maximum Gasteiger partial charge on any atom is 0.291 e. The minimum atomic E-state index is -0.640. The number of nitrogens with zero attached hydrogens (tertiary/aromatic N) is 2. The van der Waals surface area contributed by atoms with Crippen LogP contribution in [0.25, 0.3) is 11.3 Å². The van der Waals surface area contributed by atoms with Gasteiger partial charge in [0.1, 0.15) is 18.0 Å². The average Bonchev–Trinajstić information content (AvgIpc) is 2.67. The summed E-state index contributed by atoms with van der Waals surface area (Å²) in [7, 11) is 0. The molecule has 0 bridgehead atoms. The first-order chi connectivity index (χ1) is 13.4. The van der Waals surface area contributed by atoms with Crippen LogP contribution >= 0.6 is 0 Å². The quantitative estimate of drug-likeness (QED) is 0.712. The molecule has 28 heavy (non-hydrogen) atoms. The number of hydrogen-bond donors (Lipinski definition) is 2. The summed E-state index contributed by atoms with van der Waals surface area (Å²) < 4.78 is 14.6. The van der Waals surface area contributed by atoms with E-state index in [-0.39, 0.29) is 11.4 Å². The average molecular weight is 380 g/mol. The summed E-state index contributed by atoms with van der Waals surface area (Å²) >= 11 is 0. The van der Waals surface area contributed by atoms with Crippen molar-refractivity contribution in [2.45, 2.75) is 13.5 Å². The van der Waals surface area contributed by atoms with Crippen LogP contribution in [0.1, 0.15) is 6.92 Å². The van der Waals surface area contributed by atoms with Gasteiger partial charge in [0, 0.05) is 12.5 Å². The number of amides is 2. The van der Waals surface area contributed by atoms with Crippen LogP contribution in [0.3, 0.4) is 0 Å². The molecule has 2 amide bonds. The molecule has 0 aliphatic rings. The number of nitrogens with one attached hydrogen (secondary N) is 2. The second-order valence-electron chi connectivity index (χ2n) is 5.98. The molecule has 2 N–H and O–H groups in total. The van der Waals surface area contributed by atoms with Crippen LogP contribution in [-0.2, 0) is 16.1 Å². The zero-order valence-electron chi connectivity index (χ0n) is 15.0. The fraction of sp³-hybridized carbons (Fsp3) is 0.100. The molecule has 8 heteroatoms.